The quantitative estimate of drug-likeness (QED) is 0.712. The van der Waals surface area contributed by atoms with E-state index in [4.69, 9.17) is 0 Å². The number of halogens is 1. The van der Waals surface area contributed by atoms with Gasteiger partial charge in [0, 0.05) is 5.92 Å². The molecular weight excluding hydrogens is 169 g/mol. The molecule has 1 aliphatic heterocycles. The zero-order valence-electron chi connectivity index (χ0n) is 7.76. The molecule has 2 rings (SSSR count). The zero-order valence-corrected chi connectivity index (χ0v) is 7.76. The highest BCUT2D eigenvalue weighted by Crippen LogP contribution is 2.27. The van der Waals surface area contributed by atoms with Gasteiger partial charge in [0.2, 0.25) is 0 Å². The number of piperidine rings is 1. The minimum Gasteiger partial charge on any atom is -0.306 e. The predicted octanol–water partition coefficient (Wildman–Crippen LogP) is 1.36. The van der Waals surface area contributed by atoms with E-state index in [0.29, 0.717) is 11.6 Å². The van der Waals surface area contributed by atoms with Gasteiger partial charge in [0.25, 0.3) is 0 Å². The molecule has 72 valence electrons. The maximum atomic E-state index is 13.1. The SMILES string of the molecule is CN1CCC(c2[nH]ncc2F)CC1. The summed E-state index contributed by atoms with van der Waals surface area (Å²) in [4.78, 5) is 2.27. The molecule has 0 bridgehead atoms. The molecule has 1 fully saturated rings. The number of H-pyrrole nitrogens is 1. The van der Waals surface area contributed by atoms with Gasteiger partial charge in [-0.25, -0.2) is 4.39 Å². The fourth-order valence-electron chi connectivity index (χ4n) is 1.86. The van der Waals surface area contributed by atoms with Crippen LogP contribution in [0.25, 0.3) is 0 Å². The third kappa shape index (κ3) is 1.72. The Morgan fingerprint density at radius 2 is 2.23 bits per heavy atom. The second-order valence-corrected chi connectivity index (χ2v) is 3.71. The van der Waals surface area contributed by atoms with Gasteiger partial charge in [-0.3, -0.25) is 5.10 Å². The van der Waals surface area contributed by atoms with Crippen LogP contribution in [-0.2, 0) is 0 Å². The highest BCUT2D eigenvalue weighted by atomic mass is 19.1. The van der Waals surface area contributed by atoms with Crippen LogP contribution in [0.15, 0.2) is 6.20 Å². The Morgan fingerprint density at radius 1 is 1.54 bits per heavy atom. The van der Waals surface area contributed by atoms with Crippen molar-refractivity contribution in [3.05, 3.63) is 17.7 Å². The Bertz CT molecular complexity index is 276. The molecule has 1 N–H and O–H groups in total. The van der Waals surface area contributed by atoms with E-state index >= 15 is 0 Å². The molecule has 2 heterocycles. The monoisotopic (exact) mass is 183 g/mol. The number of aromatic amines is 1. The summed E-state index contributed by atoms with van der Waals surface area (Å²) in [6.07, 6.45) is 3.30. The predicted molar refractivity (Wildman–Crippen MR) is 48.0 cm³/mol. The maximum absolute atomic E-state index is 13.1. The lowest BCUT2D eigenvalue weighted by molar-refractivity contribution is 0.251. The summed E-state index contributed by atoms with van der Waals surface area (Å²) in [7, 11) is 2.10. The van der Waals surface area contributed by atoms with E-state index in [1.807, 2.05) is 0 Å². The van der Waals surface area contributed by atoms with Crippen LogP contribution in [0, 0.1) is 5.82 Å². The van der Waals surface area contributed by atoms with E-state index in [0.717, 1.165) is 25.9 Å². The number of aromatic nitrogens is 2. The van der Waals surface area contributed by atoms with E-state index in [9.17, 15) is 4.39 Å². The highest BCUT2D eigenvalue weighted by Gasteiger charge is 2.22. The summed E-state index contributed by atoms with van der Waals surface area (Å²) in [5.41, 5.74) is 0.688. The van der Waals surface area contributed by atoms with E-state index in [2.05, 4.69) is 22.1 Å². The lowest BCUT2D eigenvalue weighted by atomic mass is 9.94. The van der Waals surface area contributed by atoms with Crippen molar-refractivity contribution < 1.29 is 4.39 Å². The third-order valence-corrected chi connectivity index (χ3v) is 2.75. The van der Waals surface area contributed by atoms with Crippen molar-refractivity contribution in [2.75, 3.05) is 20.1 Å². The number of nitrogens with zero attached hydrogens (tertiary/aromatic N) is 2. The van der Waals surface area contributed by atoms with Crippen molar-refractivity contribution in [1.82, 2.24) is 15.1 Å². The number of hydrogen-bond acceptors (Lipinski definition) is 2. The van der Waals surface area contributed by atoms with Crippen LogP contribution >= 0.6 is 0 Å². The number of hydrogen-bond donors (Lipinski definition) is 1. The second-order valence-electron chi connectivity index (χ2n) is 3.71. The molecule has 0 radical (unpaired) electrons. The number of rotatable bonds is 1. The largest absolute Gasteiger partial charge is 0.306 e. The summed E-state index contributed by atoms with van der Waals surface area (Å²) in [6, 6.07) is 0. The molecule has 3 nitrogen and oxygen atoms in total. The molecule has 1 saturated heterocycles. The first-order valence-corrected chi connectivity index (χ1v) is 4.64. The van der Waals surface area contributed by atoms with Gasteiger partial charge in [-0.1, -0.05) is 0 Å². The van der Waals surface area contributed by atoms with E-state index in [1.54, 1.807) is 0 Å². The standard InChI is InChI=1S/C9H14FN3/c1-13-4-2-7(3-5-13)9-8(10)6-11-12-9/h6-7H,2-5H2,1H3,(H,11,12). The molecular formula is C9H14FN3. The lowest BCUT2D eigenvalue weighted by Gasteiger charge is -2.28. The molecule has 1 aromatic heterocycles. The topological polar surface area (TPSA) is 31.9 Å². The third-order valence-electron chi connectivity index (χ3n) is 2.75. The molecule has 1 aliphatic rings. The smallest absolute Gasteiger partial charge is 0.164 e. The van der Waals surface area contributed by atoms with Crippen LogP contribution in [0.3, 0.4) is 0 Å². The lowest BCUT2D eigenvalue weighted by Crippen LogP contribution is -2.29. The van der Waals surface area contributed by atoms with Crippen LogP contribution in [0.1, 0.15) is 24.5 Å². The van der Waals surface area contributed by atoms with Gasteiger partial charge in [0.1, 0.15) is 0 Å². The van der Waals surface area contributed by atoms with Gasteiger partial charge >= 0.3 is 0 Å². The zero-order chi connectivity index (χ0) is 9.26. The molecule has 4 heteroatoms. The van der Waals surface area contributed by atoms with Gasteiger partial charge in [-0.15, -0.1) is 0 Å². The Kier molecular flexibility index (Phi) is 2.31. The fraction of sp³-hybridized carbons (Fsp3) is 0.667. The summed E-state index contributed by atoms with van der Waals surface area (Å²) in [5, 5.41) is 6.45. The van der Waals surface area contributed by atoms with Crippen LogP contribution < -0.4 is 0 Å². The molecule has 0 spiro atoms. The fourth-order valence-corrected chi connectivity index (χ4v) is 1.86. The summed E-state index contributed by atoms with van der Waals surface area (Å²) in [5.74, 6) is 0.147. The van der Waals surface area contributed by atoms with E-state index in [-0.39, 0.29) is 5.82 Å². The Morgan fingerprint density at radius 3 is 2.77 bits per heavy atom. The van der Waals surface area contributed by atoms with Crippen molar-refractivity contribution >= 4 is 0 Å². The van der Waals surface area contributed by atoms with Gasteiger partial charge in [-0.05, 0) is 33.0 Å². The summed E-state index contributed by atoms with van der Waals surface area (Å²) >= 11 is 0. The van der Waals surface area contributed by atoms with Crippen molar-refractivity contribution in [2.45, 2.75) is 18.8 Å². The average molecular weight is 183 g/mol. The van der Waals surface area contributed by atoms with Gasteiger partial charge < -0.3 is 4.90 Å². The molecule has 0 unspecified atom stereocenters. The molecule has 0 amide bonds. The van der Waals surface area contributed by atoms with Crippen molar-refractivity contribution in [3.8, 4) is 0 Å². The van der Waals surface area contributed by atoms with Crippen LogP contribution in [-0.4, -0.2) is 35.2 Å². The first kappa shape index (κ1) is 8.69. The van der Waals surface area contributed by atoms with Crippen molar-refractivity contribution in [1.29, 1.82) is 0 Å². The van der Waals surface area contributed by atoms with Gasteiger partial charge in [0.15, 0.2) is 5.82 Å². The van der Waals surface area contributed by atoms with E-state index in [1.165, 1.54) is 6.20 Å². The van der Waals surface area contributed by atoms with Gasteiger partial charge in [0.05, 0.1) is 11.9 Å². The van der Waals surface area contributed by atoms with Gasteiger partial charge in [-0.2, -0.15) is 5.10 Å². The minimum absolute atomic E-state index is 0.186. The van der Waals surface area contributed by atoms with Crippen LogP contribution in [0.2, 0.25) is 0 Å². The molecule has 1 aromatic rings. The van der Waals surface area contributed by atoms with Crippen LogP contribution in [0.4, 0.5) is 4.39 Å². The Labute approximate surface area is 76.9 Å². The first-order chi connectivity index (χ1) is 6.27. The van der Waals surface area contributed by atoms with Crippen LogP contribution in [0.5, 0.6) is 0 Å². The van der Waals surface area contributed by atoms with Crippen molar-refractivity contribution in [3.63, 3.8) is 0 Å². The molecule has 13 heavy (non-hydrogen) atoms. The minimum atomic E-state index is -0.186. The Balaban J connectivity index is 2.06. The molecule has 0 saturated carbocycles. The highest BCUT2D eigenvalue weighted by molar-refractivity contribution is 5.09. The maximum Gasteiger partial charge on any atom is 0.164 e. The van der Waals surface area contributed by atoms with Crippen molar-refractivity contribution in [2.24, 2.45) is 0 Å². The Hall–Kier alpha value is -0.900. The number of nitrogens with one attached hydrogen (secondary N) is 1. The normalized spacial score (nSPS) is 20.8. The first-order valence-electron chi connectivity index (χ1n) is 4.64. The molecule has 0 aliphatic carbocycles. The average Bonchev–Trinajstić information content (AvgIpc) is 2.53. The molecule has 0 aromatic carbocycles. The number of likely N-dealkylation sites (tertiary alicyclic amines) is 1. The molecule has 0 atom stereocenters. The summed E-state index contributed by atoms with van der Waals surface area (Å²) < 4.78 is 13.1. The second kappa shape index (κ2) is 3.46. The summed E-state index contributed by atoms with van der Waals surface area (Å²) in [6.45, 7) is 2.09. The van der Waals surface area contributed by atoms with E-state index < -0.39 is 0 Å².